The zero-order valence-electron chi connectivity index (χ0n) is 17.2. The number of likely N-dealkylation sites (N-methyl/N-ethyl adjacent to an activating group) is 1. The molecule has 0 radical (unpaired) electrons. The van der Waals surface area contributed by atoms with E-state index in [1.807, 2.05) is 0 Å². The lowest BCUT2D eigenvalue weighted by Gasteiger charge is -2.15. The highest BCUT2D eigenvalue weighted by Gasteiger charge is 2.24. The van der Waals surface area contributed by atoms with Crippen LogP contribution in [0.1, 0.15) is 10.4 Å². The van der Waals surface area contributed by atoms with E-state index in [-0.39, 0.29) is 16.7 Å². The molecule has 32 heavy (non-hydrogen) atoms. The molecule has 0 saturated heterocycles. The fourth-order valence-corrected chi connectivity index (χ4v) is 5.48. The molecule has 11 heteroatoms. The van der Waals surface area contributed by atoms with Gasteiger partial charge in [-0.3, -0.25) is 9.59 Å². The van der Waals surface area contributed by atoms with Crippen molar-refractivity contribution in [3.05, 3.63) is 70.6 Å². The van der Waals surface area contributed by atoms with E-state index in [1.165, 1.54) is 19.2 Å². The third-order valence-corrected chi connectivity index (χ3v) is 7.86. The van der Waals surface area contributed by atoms with Gasteiger partial charge in [-0.05, 0) is 60.7 Å². The van der Waals surface area contributed by atoms with Crippen LogP contribution >= 0.6 is 22.9 Å². The van der Waals surface area contributed by atoms with Gasteiger partial charge < -0.3 is 15.4 Å². The quantitative estimate of drug-likeness (QED) is 0.495. The lowest BCUT2D eigenvalue weighted by Crippen LogP contribution is -2.34. The fourth-order valence-electron chi connectivity index (χ4n) is 2.66. The van der Waals surface area contributed by atoms with Gasteiger partial charge in [-0.2, -0.15) is 4.31 Å². The van der Waals surface area contributed by atoms with Crippen LogP contribution in [0.5, 0.6) is 5.75 Å². The summed E-state index contributed by atoms with van der Waals surface area (Å²) in [5, 5.41) is 5.38. The van der Waals surface area contributed by atoms with Crippen LogP contribution in [0.4, 0.5) is 11.4 Å². The highest BCUT2D eigenvalue weighted by Crippen LogP contribution is 2.27. The average Bonchev–Trinajstić information content (AvgIpc) is 3.21. The number of halogens is 1. The predicted octanol–water partition coefficient (Wildman–Crippen LogP) is 3.92. The number of hydrogen-bond acceptors (Lipinski definition) is 6. The average molecular weight is 494 g/mol. The first-order valence-corrected chi connectivity index (χ1v) is 11.9. The zero-order valence-corrected chi connectivity index (χ0v) is 19.6. The molecule has 8 nitrogen and oxygen atoms in total. The number of thiophene rings is 1. The first kappa shape index (κ1) is 23.7. The molecule has 0 spiro atoms. The number of amides is 2. The van der Waals surface area contributed by atoms with E-state index in [1.54, 1.807) is 55.6 Å². The molecule has 0 aliphatic carbocycles. The molecular formula is C21H20ClN3O5S2. The smallest absolute Gasteiger partial charge is 0.255 e. The number of ether oxygens (including phenoxy) is 1. The summed E-state index contributed by atoms with van der Waals surface area (Å²) in [7, 11) is -0.937. The maximum Gasteiger partial charge on any atom is 0.255 e. The summed E-state index contributed by atoms with van der Waals surface area (Å²) in [6.45, 7) is -0.377. The van der Waals surface area contributed by atoms with Crippen LogP contribution in [-0.2, 0) is 14.8 Å². The van der Waals surface area contributed by atoms with Crippen molar-refractivity contribution in [3.8, 4) is 5.75 Å². The van der Waals surface area contributed by atoms with Gasteiger partial charge in [0.15, 0.2) is 0 Å². The number of hydrogen-bond donors (Lipinski definition) is 2. The third-order valence-electron chi connectivity index (χ3n) is 4.36. The summed E-state index contributed by atoms with van der Waals surface area (Å²) in [6, 6.07) is 16.0. The number of rotatable bonds is 8. The van der Waals surface area contributed by atoms with E-state index in [4.69, 9.17) is 16.3 Å². The molecule has 2 aromatic carbocycles. The Labute approximate surface area is 194 Å². The molecule has 168 valence electrons. The molecular weight excluding hydrogens is 474 g/mol. The number of sulfonamides is 1. The molecule has 0 bridgehead atoms. The van der Waals surface area contributed by atoms with Gasteiger partial charge in [0.2, 0.25) is 5.91 Å². The van der Waals surface area contributed by atoms with Gasteiger partial charge in [0.25, 0.3) is 15.9 Å². The van der Waals surface area contributed by atoms with Crippen molar-refractivity contribution in [3.63, 3.8) is 0 Å². The fraction of sp³-hybridized carbons (Fsp3) is 0.143. The first-order chi connectivity index (χ1) is 15.2. The predicted molar refractivity (Wildman–Crippen MR) is 125 cm³/mol. The maximum atomic E-state index is 12.5. The standard InChI is InChI=1S/C21H20ClN3O5S2/c1-25(32(28,29)20-12-11-18(22)31-20)13-19(26)23-15-5-3-14(4-6-15)21(27)24-16-7-9-17(30-2)10-8-16/h3-12H,13H2,1-2H3,(H,23,26)(H,24,27). The SMILES string of the molecule is COc1ccc(NC(=O)c2ccc(NC(=O)CN(C)S(=O)(=O)c3ccc(Cl)s3)cc2)cc1. The van der Waals surface area contributed by atoms with Crippen molar-refractivity contribution >= 4 is 56.2 Å². The van der Waals surface area contributed by atoms with Crippen LogP contribution in [0.3, 0.4) is 0 Å². The number of carbonyl (C=O) groups excluding carboxylic acids is 2. The van der Waals surface area contributed by atoms with Crippen molar-refractivity contribution in [2.45, 2.75) is 4.21 Å². The topological polar surface area (TPSA) is 105 Å². The van der Waals surface area contributed by atoms with E-state index in [0.29, 0.717) is 27.0 Å². The van der Waals surface area contributed by atoms with Crippen LogP contribution in [-0.4, -0.2) is 45.2 Å². The van der Waals surface area contributed by atoms with Crippen LogP contribution in [0.15, 0.2) is 64.9 Å². The summed E-state index contributed by atoms with van der Waals surface area (Å²) in [5.74, 6) is -0.150. The summed E-state index contributed by atoms with van der Waals surface area (Å²) in [5.41, 5.74) is 1.44. The Balaban J connectivity index is 1.57. The molecule has 3 aromatic rings. The lowest BCUT2D eigenvalue weighted by molar-refractivity contribution is -0.116. The van der Waals surface area contributed by atoms with Crippen molar-refractivity contribution in [2.24, 2.45) is 0 Å². The molecule has 0 saturated carbocycles. The second kappa shape index (κ2) is 10.1. The molecule has 0 unspecified atom stereocenters. The van der Waals surface area contributed by atoms with Crippen LogP contribution in [0, 0.1) is 0 Å². The van der Waals surface area contributed by atoms with Gasteiger partial charge in [0.05, 0.1) is 18.0 Å². The zero-order chi connectivity index (χ0) is 23.3. The normalized spacial score (nSPS) is 11.2. The molecule has 0 fully saturated rings. The summed E-state index contributed by atoms with van der Waals surface area (Å²) in [6.07, 6.45) is 0. The number of benzene rings is 2. The van der Waals surface area contributed by atoms with E-state index in [2.05, 4.69) is 10.6 Å². The minimum Gasteiger partial charge on any atom is -0.497 e. The summed E-state index contributed by atoms with van der Waals surface area (Å²) >= 11 is 6.72. The van der Waals surface area contributed by atoms with Crippen LogP contribution in [0.2, 0.25) is 4.34 Å². The van der Waals surface area contributed by atoms with Crippen LogP contribution in [0.25, 0.3) is 0 Å². The van der Waals surface area contributed by atoms with Gasteiger partial charge in [-0.15, -0.1) is 11.3 Å². The highest BCUT2D eigenvalue weighted by atomic mass is 35.5. The Kier molecular flexibility index (Phi) is 7.52. The Morgan fingerprint density at radius 1 is 0.969 bits per heavy atom. The van der Waals surface area contributed by atoms with Gasteiger partial charge in [0.1, 0.15) is 9.96 Å². The lowest BCUT2D eigenvalue weighted by atomic mass is 10.2. The third kappa shape index (κ3) is 5.86. The van der Waals surface area contributed by atoms with Crippen molar-refractivity contribution in [2.75, 3.05) is 31.3 Å². The molecule has 2 N–H and O–H groups in total. The molecule has 1 aromatic heterocycles. The monoisotopic (exact) mass is 493 g/mol. The number of anilines is 2. The summed E-state index contributed by atoms with van der Waals surface area (Å²) in [4.78, 5) is 24.7. The van der Waals surface area contributed by atoms with Gasteiger partial charge in [-0.25, -0.2) is 8.42 Å². The van der Waals surface area contributed by atoms with E-state index in [9.17, 15) is 18.0 Å². The van der Waals surface area contributed by atoms with Gasteiger partial charge >= 0.3 is 0 Å². The van der Waals surface area contributed by atoms with Crippen molar-refractivity contribution < 1.29 is 22.7 Å². The Hall–Kier alpha value is -2.92. The van der Waals surface area contributed by atoms with Gasteiger partial charge in [-0.1, -0.05) is 11.6 Å². The Morgan fingerprint density at radius 2 is 1.56 bits per heavy atom. The van der Waals surface area contributed by atoms with Crippen LogP contribution < -0.4 is 15.4 Å². The Bertz CT molecular complexity index is 1210. The summed E-state index contributed by atoms with van der Waals surface area (Å²) < 4.78 is 31.4. The second-order valence-corrected chi connectivity index (χ2v) is 10.6. The van der Waals surface area contributed by atoms with Crippen molar-refractivity contribution in [1.29, 1.82) is 0 Å². The molecule has 2 amide bonds. The van der Waals surface area contributed by atoms with E-state index in [0.717, 1.165) is 15.6 Å². The number of carbonyl (C=O) groups is 2. The highest BCUT2D eigenvalue weighted by molar-refractivity contribution is 7.91. The van der Waals surface area contributed by atoms with E-state index >= 15 is 0 Å². The Morgan fingerprint density at radius 3 is 2.12 bits per heavy atom. The minimum atomic E-state index is -3.81. The number of nitrogens with zero attached hydrogens (tertiary/aromatic N) is 1. The van der Waals surface area contributed by atoms with Gasteiger partial charge in [0, 0.05) is 24.0 Å². The molecule has 1 heterocycles. The maximum absolute atomic E-state index is 12.5. The number of nitrogens with one attached hydrogen (secondary N) is 2. The number of methoxy groups -OCH3 is 1. The molecule has 0 aliphatic rings. The minimum absolute atomic E-state index is 0.0602. The van der Waals surface area contributed by atoms with E-state index < -0.39 is 15.9 Å². The molecule has 0 aliphatic heterocycles. The molecule has 3 rings (SSSR count). The first-order valence-electron chi connectivity index (χ1n) is 9.26. The second-order valence-electron chi connectivity index (χ2n) is 6.63. The largest absolute Gasteiger partial charge is 0.497 e. The van der Waals surface area contributed by atoms with Crippen molar-refractivity contribution in [1.82, 2.24) is 4.31 Å². The molecule has 0 atom stereocenters.